The minimum atomic E-state index is -4.75. The number of halogens is 5. The summed E-state index contributed by atoms with van der Waals surface area (Å²) in [6.45, 7) is 3.26. The molecular formula is C26H22F5N7O3. The lowest BCUT2D eigenvalue weighted by Crippen LogP contribution is -2.69. The quantitative estimate of drug-likeness (QED) is 0.368. The molecule has 1 fully saturated rings. The van der Waals surface area contributed by atoms with Gasteiger partial charge in [-0.15, -0.1) is 0 Å². The van der Waals surface area contributed by atoms with Crippen LogP contribution >= 0.6 is 0 Å². The maximum Gasteiger partial charge on any atom is 0.420 e. The molecule has 1 aromatic carbocycles. The topological polar surface area (TPSA) is 109 Å². The second-order valence-electron chi connectivity index (χ2n) is 10.5. The second kappa shape index (κ2) is 8.80. The van der Waals surface area contributed by atoms with Crippen molar-refractivity contribution in [2.75, 3.05) is 22.9 Å². The molecule has 2 aliphatic heterocycles. The molecule has 10 nitrogen and oxygen atoms in total. The molecule has 0 saturated carbocycles. The lowest BCUT2D eigenvalue weighted by atomic mass is 9.94. The van der Waals surface area contributed by atoms with Crippen molar-refractivity contribution in [3.63, 3.8) is 0 Å². The Morgan fingerprint density at radius 1 is 1.07 bits per heavy atom. The van der Waals surface area contributed by atoms with Crippen LogP contribution in [0, 0.1) is 18.6 Å². The molecule has 0 spiro atoms. The molecule has 5 heterocycles. The van der Waals surface area contributed by atoms with Crippen molar-refractivity contribution in [1.82, 2.24) is 24.3 Å². The van der Waals surface area contributed by atoms with Crippen LogP contribution in [0.5, 0.6) is 5.75 Å². The first-order chi connectivity index (χ1) is 19.2. The molecule has 2 aliphatic rings. The van der Waals surface area contributed by atoms with E-state index in [4.69, 9.17) is 4.74 Å². The van der Waals surface area contributed by atoms with Gasteiger partial charge >= 0.3 is 6.18 Å². The summed E-state index contributed by atoms with van der Waals surface area (Å²) in [5, 5.41) is 9.67. The first kappa shape index (κ1) is 26.8. The number of imidazole rings is 1. The number of benzene rings is 1. The smallest absolute Gasteiger partial charge is 0.420 e. The maximum absolute atomic E-state index is 14.6. The molecule has 0 unspecified atom stereocenters. The van der Waals surface area contributed by atoms with Gasteiger partial charge < -0.3 is 14.7 Å². The van der Waals surface area contributed by atoms with E-state index in [0.717, 1.165) is 6.07 Å². The van der Waals surface area contributed by atoms with E-state index < -0.39 is 48.0 Å². The predicted molar refractivity (Wildman–Crippen MR) is 134 cm³/mol. The molecule has 6 rings (SSSR count). The van der Waals surface area contributed by atoms with Crippen LogP contribution in [0.4, 0.5) is 33.6 Å². The van der Waals surface area contributed by atoms with E-state index in [1.807, 2.05) is 0 Å². The number of carbonyl (C=O) groups excluding carboxylic acids is 1. The van der Waals surface area contributed by atoms with Gasteiger partial charge in [-0.1, -0.05) is 0 Å². The Balaban J connectivity index is 1.32. The summed E-state index contributed by atoms with van der Waals surface area (Å²) in [6, 6.07) is 1.72. The lowest BCUT2D eigenvalue weighted by Gasteiger charge is -2.46. The summed E-state index contributed by atoms with van der Waals surface area (Å²) in [5.41, 5.74) is -1.91. The fraction of sp³-hybridized carbons (Fsp3) is 0.346. The zero-order valence-electron chi connectivity index (χ0n) is 21.9. The summed E-state index contributed by atoms with van der Waals surface area (Å²) < 4.78 is 74.9. The fourth-order valence-electron chi connectivity index (χ4n) is 4.87. The molecule has 0 aliphatic carbocycles. The van der Waals surface area contributed by atoms with Crippen molar-refractivity contribution >= 4 is 23.2 Å². The average molecular weight is 575 g/mol. The number of β-amino-alcohol motifs (C(OH)–C–C–N with tert-alkyl or cyclic N) is 1. The second-order valence-corrected chi connectivity index (χ2v) is 10.5. The number of aliphatic hydroxyl groups is 1. The standard InChI is InChI=1S/C26H22F5N7O3/c1-13-19(10-38-18-5-15(27)4-16(28)21(18)41-24(2,3)22(38)39)37-9-17(32-8-20(37)35-13)14-6-33-23(34-7-14)36-11-25(40,12-36)26(29,30)31/h4-9,40H,10-12H2,1-3H3. The summed E-state index contributed by atoms with van der Waals surface area (Å²) in [6.07, 6.45) is 1.13. The van der Waals surface area contributed by atoms with Gasteiger partial charge in [0.05, 0.1) is 48.6 Å². The van der Waals surface area contributed by atoms with Gasteiger partial charge in [0.2, 0.25) is 5.95 Å². The third-order valence-electron chi connectivity index (χ3n) is 7.16. The number of nitrogens with zero attached hydrogens (tertiary/aromatic N) is 7. The van der Waals surface area contributed by atoms with E-state index in [1.165, 1.54) is 42.2 Å². The van der Waals surface area contributed by atoms with E-state index in [1.54, 1.807) is 17.5 Å². The van der Waals surface area contributed by atoms with E-state index in [9.17, 15) is 31.9 Å². The van der Waals surface area contributed by atoms with E-state index in [-0.39, 0.29) is 23.9 Å². The van der Waals surface area contributed by atoms with Crippen LogP contribution in [0.1, 0.15) is 25.2 Å². The van der Waals surface area contributed by atoms with Crippen molar-refractivity contribution in [2.24, 2.45) is 0 Å². The SMILES string of the molecule is Cc1nc2cnc(-c3cnc(N4CC(O)(C(F)(F)F)C4)nc3)cn2c1CN1C(=O)C(C)(C)Oc2c(F)cc(F)cc21. The van der Waals surface area contributed by atoms with E-state index in [2.05, 4.69) is 19.9 Å². The zero-order chi connectivity index (χ0) is 29.5. The zero-order valence-corrected chi connectivity index (χ0v) is 21.9. The van der Waals surface area contributed by atoms with Crippen LogP contribution in [0.3, 0.4) is 0 Å². The summed E-state index contributed by atoms with van der Waals surface area (Å²) in [5.74, 6) is -2.52. The Labute approximate surface area is 229 Å². The number of ether oxygens (including phenoxy) is 1. The maximum atomic E-state index is 14.6. The molecule has 15 heteroatoms. The molecule has 0 atom stereocenters. The Morgan fingerprint density at radius 3 is 2.41 bits per heavy atom. The first-order valence-corrected chi connectivity index (χ1v) is 12.4. The average Bonchev–Trinajstić information content (AvgIpc) is 3.19. The number of aromatic nitrogens is 5. The predicted octanol–water partition coefficient (Wildman–Crippen LogP) is 3.59. The molecule has 0 radical (unpaired) electrons. The van der Waals surface area contributed by atoms with Crippen LogP contribution < -0.4 is 14.5 Å². The van der Waals surface area contributed by atoms with Gasteiger partial charge in [-0.05, 0) is 20.8 Å². The van der Waals surface area contributed by atoms with Gasteiger partial charge in [0.15, 0.2) is 28.4 Å². The Kier molecular flexibility index (Phi) is 5.75. The van der Waals surface area contributed by atoms with Gasteiger partial charge in [0.1, 0.15) is 5.82 Å². The molecular weight excluding hydrogens is 553 g/mol. The number of fused-ring (bicyclic) bond motifs is 2. The van der Waals surface area contributed by atoms with Crippen molar-refractivity contribution in [1.29, 1.82) is 0 Å². The number of hydrogen-bond acceptors (Lipinski definition) is 8. The highest BCUT2D eigenvalue weighted by Gasteiger charge is 2.61. The van der Waals surface area contributed by atoms with E-state index in [0.29, 0.717) is 34.4 Å². The first-order valence-electron chi connectivity index (χ1n) is 12.4. The summed E-state index contributed by atoms with van der Waals surface area (Å²) >= 11 is 0. The van der Waals surface area contributed by atoms with Gasteiger partial charge in [0, 0.05) is 36.3 Å². The highest BCUT2D eigenvalue weighted by molar-refractivity contribution is 6.02. The van der Waals surface area contributed by atoms with Crippen molar-refractivity contribution in [3.8, 4) is 17.0 Å². The van der Waals surface area contributed by atoms with Crippen LogP contribution in [-0.4, -0.2) is 65.8 Å². The fourth-order valence-corrected chi connectivity index (χ4v) is 4.87. The van der Waals surface area contributed by atoms with Crippen LogP contribution in [0.15, 0.2) is 36.9 Å². The Hall–Kier alpha value is -4.40. The van der Waals surface area contributed by atoms with Gasteiger partial charge in [-0.25, -0.2) is 23.7 Å². The number of anilines is 2. The molecule has 4 aromatic rings. The largest absolute Gasteiger partial charge is 0.473 e. The monoisotopic (exact) mass is 575 g/mol. The van der Waals surface area contributed by atoms with Gasteiger partial charge in [-0.3, -0.25) is 19.1 Å². The molecule has 1 saturated heterocycles. The van der Waals surface area contributed by atoms with Crippen LogP contribution in [0.25, 0.3) is 16.9 Å². The molecule has 1 amide bonds. The number of alkyl halides is 3. The van der Waals surface area contributed by atoms with Crippen molar-refractivity contribution < 1.29 is 36.6 Å². The molecule has 41 heavy (non-hydrogen) atoms. The highest BCUT2D eigenvalue weighted by Crippen LogP contribution is 2.42. The number of aryl methyl sites for hydroxylation is 1. The van der Waals surface area contributed by atoms with Crippen LogP contribution in [-0.2, 0) is 11.3 Å². The lowest BCUT2D eigenvalue weighted by molar-refractivity contribution is -0.267. The Bertz CT molecular complexity index is 1700. The molecule has 3 aromatic heterocycles. The van der Waals surface area contributed by atoms with E-state index >= 15 is 0 Å². The third-order valence-corrected chi connectivity index (χ3v) is 7.16. The summed E-state index contributed by atoms with van der Waals surface area (Å²) in [4.78, 5) is 32.9. The molecule has 1 N–H and O–H groups in total. The number of hydrogen-bond donors (Lipinski definition) is 1. The van der Waals surface area contributed by atoms with Crippen molar-refractivity contribution in [3.05, 3.63) is 59.9 Å². The van der Waals surface area contributed by atoms with Gasteiger partial charge in [0.25, 0.3) is 5.91 Å². The Morgan fingerprint density at radius 2 is 1.76 bits per heavy atom. The highest BCUT2D eigenvalue weighted by atomic mass is 19.4. The molecule has 0 bridgehead atoms. The third kappa shape index (κ3) is 4.31. The molecule has 214 valence electrons. The normalized spacial score (nSPS) is 17.8. The number of carbonyl (C=O) groups is 1. The van der Waals surface area contributed by atoms with Crippen LogP contribution in [0.2, 0.25) is 0 Å². The number of rotatable bonds is 4. The minimum Gasteiger partial charge on any atom is -0.473 e. The summed E-state index contributed by atoms with van der Waals surface area (Å²) in [7, 11) is 0. The number of amides is 1. The van der Waals surface area contributed by atoms with Crippen molar-refractivity contribution in [2.45, 2.75) is 44.7 Å². The van der Waals surface area contributed by atoms with Gasteiger partial charge in [-0.2, -0.15) is 13.2 Å². The minimum absolute atomic E-state index is 0.0227.